The average Bonchev–Trinajstić information content (AvgIpc) is 3.16. The number of nitrogens with zero attached hydrogens (tertiary/aromatic N) is 1. The molecule has 1 N–H and O–H groups in total. The molecule has 2 bridgehead atoms. The second-order valence-electron chi connectivity index (χ2n) is 10.1. The summed E-state index contributed by atoms with van der Waals surface area (Å²) in [5.41, 5.74) is -1.68. The number of halogens is 2. The minimum atomic E-state index is -2.85. The molecular weight excluding hydrogens is 376 g/mol. The molecule has 2 unspecified atom stereocenters. The zero-order valence-electron chi connectivity index (χ0n) is 17.3. The summed E-state index contributed by atoms with van der Waals surface area (Å²) in [4.78, 5) is 13.1. The van der Waals surface area contributed by atoms with Gasteiger partial charge in [-0.25, -0.2) is 13.6 Å². The molecule has 4 atom stereocenters. The van der Waals surface area contributed by atoms with Crippen molar-refractivity contribution in [3.8, 4) is 0 Å². The van der Waals surface area contributed by atoms with Crippen LogP contribution in [0, 0.1) is 23.7 Å². The molecule has 1 saturated heterocycles. The van der Waals surface area contributed by atoms with Crippen molar-refractivity contribution in [2.75, 3.05) is 33.8 Å². The number of carbonyl (C=O) groups is 1. The number of rotatable bonds is 5. The minimum Gasteiger partial charge on any atom is -0.463 e. The number of benzene rings is 1. The van der Waals surface area contributed by atoms with Gasteiger partial charge in [0, 0.05) is 36.5 Å². The van der Waals surface area contributed by atoms with E-state index in [1.165, 1.54) is 0 Å². The number of piperidine rings is 1. The highest BCUT2D eigenvalue weighted by molar-refractivity contribution is 5.81. The van der Waals surface area contributed by atoms with Gasteiger partial charge in [-0.1, -0.05) is 30.3 Å². The van der Waals surface area contributed by atoms with Crippen LogP contribution in [0.5, 0.6) is 0 Å². The summed E-state index contributed by atoms with van der Waals surface area (Å²) >= 11 is 0. The van der Waals surface area contributed by atoms with Crippen LogP contribution >= 0.6 is 0 Å². The van der Waals surface area contributed by atoms with E-state index >= 15 is 0 Å². The molecule has 0 radical (unpaired) electrons. The van der Waals surface area contributed by atoms with E-state index in [-0.39, 0.29) is 19.4 Å². The highest BCUT2D eigenvalue weighted by Gasteiger charge is 2.55. The van der Waals surface area contributed by atoms with Crippen molar-refractivity contribution in [1.82, 2.24) is 0 Å². The lowest BCUT2D eigenvalue weighted by Crippen LogP contribution is -2.53. The van der Waals surface area contributed by atoms with E-state index in [2.05, 4.69) is 14.1 Å². The molecule has 1 aromatic rings. The summed E-state index contributed by atoms with van der Waals surface area (Å²) in [5.74, 6) is -3.14. The standard InChI is InChI=1S/C23H32F2NO3/c1-26(2)13-16-8-9-17(14-26)20(16)15-29-21(27)23(28,18-6-4-3-5-7-18)19-10-11-22(24,25)12-19/h3-7,16-17,19-20,28H,8-15H2,1-2H3/q+1/t16?,17?,19-,20?,23-/m0/s1. The fourth-order valence-electron chi connectivity index (χ4n) is 6.11. The highest BCUT2D eigenvalue weighted by atomic mass is 19.3. The zero-order valence-corrected chi connectivity index (χ0v) is 17.3. The molecule has 0 amide bonds. The molecule has 2 saturated carbocycles. The first-order valence-corrected chi connectivity index (χ1v) is 10.8. The van der Waals surface area contributed by atoms with E-state index in [4.69, 9.17) is 4.74 Å². The van der Waals surface area contributed by atoms with E-state index in [0.29, 0.717) is 23.3 Å². The van der Waals surface area contributed by atoms with Gasteiger partial charge in [0.2, 0.25) is 5.92 Å². The van der Waals surface area contributed by atoms with Gasteiger partial charge >= 0.3 is 5.97 Å². The Balaban J connectivity index is 1.51. The molecule has 2 aliphatic carbocycles. The number of likely N-dealkylation sites (tertiary alicyclic amines) is 1. The third-order valence-electron chi connectivity index (χ3n) is 7.50. The Morgan fingerprint density at radius 3 is 2.34 bits per heavy atom. The summed E-state index contributed by atoms with van der Waals surface area (Å²) in [6, 6.07) is 8.45. The molecule has 4 rings (SSSR count). The van der Waals surface area contributed by atoms with Crippen LogP contribution in [0.3, 0.4) is 0 Å². The van der Waals surface area contributed by atoms with Gasteiger partial charge in [-0.2, -0.15) is 0 Å². The number of quaternary nitrogens is 1. The third kappa shape index (κ3) is 3.93. The molecule has 1 aliphatic heterocycles. The van der Waals surface area contributed by atoms with Gasteiger partial charge in [0.15, 0.2) is 5.60 Å². The van der Waals surface area contributed by atoms with Gasteiger partial charge in [0.1, 0.15) is 0 Å². The fourth-order valence-corrected chi connectivity index (χ4v) is 6.11. The van der Waals surface area contributed by atoms with Gasteiger partial charge < -0.3 is 14.3 Å². The Labute approximate surface area is 171 Å². The maximum Gasteiger partial charge on any atom is 0.343 e. The average molecular weight is 409 g/mol. The summed E-state index contributed by atoms with van der Waals surface area (Å²) < 4.78 is 34.5. The number of esters is 1. The second-order valence-corrected chi connectivity index (χ2v) is 10.1. The zero-order chi connectivity index (χ0) is 20.9. The van der Waals surface area contributed by atoms with Crippen LogP contribution < -0.4 is 0 Å². The molecular formula is C23H32F2NO3+. The molecule has 160 valence electrons. The van der Waals surface area contributed by atoms with E-state index < -0.39 is 29.8 Å². The molecule has 0 spiro atoms. The number of fused-ring (bicyclic) bond motifs is 2. The van der Waals surface area contributed by atoms with Crippen molar-refractivity contribution in [3.63, 3.8) is 0 Å². The Morgan fingerprint density at radius 2 is 1.79 bits per heavy atom. The van der Waals surface area contributed by atoms with Crippen LogP contribution in [0.1, 0.15) is 37.7 Å². The Hall–Kier alpha value is -1.53. The van der Waals surface area contributed by atoms with Gasteiger partial charge in [0.25, 0.3) is 0 Å². The molecule has 29 heavy (non-hydrogen) atoms. The number of hydrogen-bond acceptors (Lipinski definition) is 3. The van der Waals surface area contributed by atoms with Crippen LogP contribution in [0.15, 0.2) is 30.3 Å². The molecule has 1 aromatic carbocycles. The number of alkyl halides is 2. The molecule has 3 fully saturated rings. The lowest BCUT2D eigenvalue weighted by Gasteiger charge is -2.42. The molecule has 3 aliphatic rings. The summed E-state index contributed by atoms with van der Waals surface area (Å²) in [5, 5.41) is 11.4. The Bertz CT molecular complexity index is 738. The topological polar surface area (TPSA) is 46.5 Å². The van der Waals surface area contributed by atoms with Crippen LogP contribution in [0.4, 0.5) is 8.78 Å². The van der Waals surface area contributed by atoms with Gasteiger partial charge in [-0.15, -0.1) is 0 Å². The van der Waals surface area contributed by atoms with Crippen LogP contribution in [-0.2, 0) is 15.1 Å². The molecule has 6 heteroatoms. The first-order valence-electron chi connectivity index (χ1n) is 10.8. The molecule has 0 aromatic heterocycles. The summed E-state index contributed by atoms with van der Waals surface area (Å²) in [6.07, 6.45) is 1.60. The summed E-state index contributed by atoms with van der Waals surface area (Å²) in [7, 11) is 4.48. The lowest BCUT2D eigenvalue weighted by atomic mass is 9.80. The Kier molecular flexibility index (Phi) is 5.23. The minimum absolute atomic E-state index is 0.105. The monoisotopic (exact) mass is 408 g/mol. The number of aliphatic hydroxyl groups is 1. The largest absolute Gasteiger partial charge is 0.463 e. The SMILES string of the molecule is C[N+]1(C)CC2CCC(C1)C2COC(=O)[C@](O)(c1ccccc1)[C@H]1CCC(F)(F)C1. The van der Waals surface area contributed by atoms with Gasteiger partial charge in [-0.3, -0.25) is 0 Å². The first-order chi connectivity index (χ1) is 13.6. The van der Waals surface area contributed by atoms with Crippen molar-refractivity contribution < 1.29 is 27.9 Å². The second kappa shape index (κ2) is 7.31. The van der Waals surface area contributed by atoms with Gasteiger partial charge in [-0.05, 0) is 24.8 Å². The van der Waals surface area contributed by atoms with E-state index in [1.807, 2.05) is 0 Å². The van der Waals surface area contributed by atoms with Crippen molar-refractivity contribution in [2.24, 2.45) is 23.7 Å². The smallest absolute Gasteiger partial charge is 0.343 e. The number of hydrogen-bond donors (Lipinski definition) is 1. The molecule has 4 nitrogen and oxygen atoms in total. The van der Waals surface area contributed by atoms with Crippen molar-refractivity contribution >= 4 is 5.97 Å². The third-order valence-corrected chi connectivity index (χ3v) is 7.50. The highest BCUT2D eigenvalue weighted by Crippen LogP contribution is 2.48. The number of ether oxygens (including phenoxy) is 1. The summed E-state index contributed by atoms with van der Waals surface area (Å²) in [6.45, 7) is 2.40. The predicted octanol–water partition coefficient (Wildman–Crippen LogP) is 3.59. The van der Waals surface area contributed by atoms with Crippen molar-refractivity contribution in [1.29, 1.82) is 0 Å². The first kappa shape index (κ1) is 20.7. The predicted molar refractivity (Wildman–Crippen MR) is 105 cm³/mol. The van der Waals surface area contributed by atoms with Crippen LogP contribution in [-0.4, -0.2) is 55.3 Å². The Morgan fingerprint density at radius 1 is 1.17 bits per heavy atom. The normalized spacial score (nSPS) is 34.5. The van der Waals surface area contributed by atoms with E-state index in [0.717, 1.165) is 30.4 Å². The van der Waals surface area contributed by atoms with Crippen molar-refractivity contribution in [3.05, 3.63) is 35.9 Å². The van der Waals surface area contributed by atoms with Crippen LogP contribution in [0.25, 0.3) is 0 Å². The van der Waals surface area contributed by atoms with E-state index in [9.17, 15) is 18.7 Å². The van der Waals surface area contributed by atoms with Crippen molar-refractivity contribution in [2.45, 2.75) is 43.6 Å². The van der Waals surface area contributed by atoms with Gasteiger partial charge in [0.05, 0.1) is 33.8 Å². The maximum atomic E-state index is 13.9. The number of carbonyl (C=O) groups excluding carboxylic acids is 1. The fraction of sp³-hybridized carbons (Fsp3) is 0.696. The maximum absolute atomic E-state index is 13.9. The lowest BCUT2D eigenvalue weighted by molar-refractivity contribution is -0.902. The van der Waals surface area contributed by atoms with Crippen LogP contribution in [0.2, 0.25) is 0 Å². The molecule has 1 heterocycles. The quantitative estimate of drug-likeness (QED) is 0.598. The van der Waals surface area contributed by atoms with E-state index in [1.54, 1.807) is 30.3 Å².